The van der Waals surface area contributed by atoms with Crippen LogP contribution in [0.4, 0.5) is 19.0 Å². The molecule has 1 aliphatic heterocycles. The van der Waals surface area contributed by atoms with Crippen LogP contribution in [0.1, 0.15) is 28.9 Å². The molecule has 0 radical (unpaired) electrons. The number of nitrogens with zero attached hydrogens (tertiary/aromatic N) is 8. The Morgan fingerprint density at radius 2 is 2.08 bits per heavy atom. The minimum Gasteiger partial charge on any atom is -0.389 e. The second kappa shape index (κ2) is 8.94. The molecule has 0 bridgehead atoms. The van der Waals surface area contributed by atoms with E-state index in [9.17, 15) is 23.5 Å². The van der Waals surface area contributed by atoms with Gasteiger partial charge in [-0.2, -0.15) is 19.3 Å². The molecule has 36 heavy (non-hydrogen) atoms. The van der Waals surface area contributed by atoms with Crippen molar-refractivity contribution < 1.29 is 18.3 Å². The summed E-state index contributed by atoms with van der Waals surface area (Å²) < 4.78 is 43.3. The molecule has 0 unspecified atom stereocenters. The van der Waals surface area contributed by atoms with Gasteiger partial charge in [-0.25, -0.2) is 18.4 Å². The topological polar surface area (TPSA) is 108 Å². The summed E-state index contributed by atoms with van der Waals surface area (Å²) >= 11 is 0. The van der Waals surface area contributed by atoms with Crippen LogP contribution in [-0.2, 0) is 0 Å². The van der Waals surface area contributed by atoms with Crippen LogP contribution in [0.25, 0.3) is 17.4 Å². The van der Waals surface area contributed by atoms with Gasteiger partial charge in [0, 0.05) is 42.7 Å². The number of anilines is 1. The zero-order valence-electron chi connectivity index (χ0n) is 19.0. The van der Waals surface area contributed by atoms with Crippen molar-refractivity contribution in [2.75, 3.05) is 18.0 Å². The maximum absolute atomic E-state index is 13.6. The number of rotatable bonds is 5. The number of fused-ring (bicyclic) bond motifs is 1. The summed E-state index contributed by atoms with van der Waals surface area (Å²) in [6, 6.07) is 3.02. The average molecular weight is 492 g/mol. The Labute approximate surface area is 203 Å². The third-order valence-electron chi connectivity index (χ3n) is 5.84. The molecule has 2 aliphatic rings. The van der Waals surface area contributed by atoms with E-state index in [0.29, 0.717) is 34.1 Å². The predicted octanol–water partition coefficient (Wildman–Crippen LogP) is 3.44. The summed E-state index contributed by atoms with van der Waals surface area (Å²) in [6.07, 6.45) is 6.26. The molecule has 3 aromatic rings. The van der Waals surface area contributed by atoms with Crippen LogP contribution in [-0.4, -0.2) is 54.4 Å². The van der Waals surface area contributed by atoms with Gasteiger partial charge in [0.25, 0.3) is 6.43 Å². The average Bonchev–Trinajstić information content (AvgIpc) is 3.42. The van der Waals surface area contributed by atoms with E-state index in [0.717, 1.165) is 0 Å². The van der Waals surface area contributed by atoms with Gasteiger partial charge >= 0.3 is 0 Å². The van der Waals surface area contributed by atoms with E-state index in [1.54, 1.807) is 42.2 Å². The number of β-amino-alcohol motifs (C(OH)–C–C–N with tert-alkyl or cyclic N) is 1. The number of halogens is 3. The fourth-order valence-electron chi connectivity index (χ4n) is 4.14. The number of hydrogen-bond acceptors (Lipinski definition) is 7. The van der Waals surface area contributed by atoms with Crippen molar-refractivity contribution >= 4 is 28.9 Å². The number of hydrogen-bond donors (Lipinski definition) is 1. The molecule has 0 atom stereocenters. The lowest BCUT2D eigenvalue weighted by atomic mass is 9.99. The molecule has 0 spiro atoms. The van der Waals surface area contributed by atoms with Gasteiger partial charge in [-0.05, 0) is 25.2 Å². The zero-order chi connectivity index (χ0) is 25.6. The molecular weight excluding hydrogens is 473 g/mol. The lowest BCUT2D eigenvalue weighted by molar-refractivity contribution is 0.139. The monoisotopic (exact) mass is 492 g/mol. The van der Waals surface area contributed by atoms with Crippen LogP contribution >= 0.6 is 0 Å². The number of allylic oxidation sites excluding steroid dienone is 5. The molecule has 3 aromatic heterocycles. The largest absolute Gasteiger partial charge is 0.389 e. The first-order valence-corrected chi connectivity index (χ1v) is 10.9. The molecule has 1 aliphatic carbocycles. The van der Waals surface area contributed by atoms with Crippen LogP contribution in [0.2, 0.25) is 0 Å². The molecule has 9 nitrogen and oxygen atoms in total. The number of alkyl halides is 2. The highest BCUT2D eigenvalue weighted by atomic mass is 19.3. The van der Waals surface area contributed by atoms with Crippen LogP contribution < -0.4 is 4.90 Å². The van der Waals surface area contributed by atoms with Crippen molar-refractivity contribution in [3.8, 4) is 6.07 Å². The van der Waals surface area contributed by atoms with E-state index in [1.807, 2.05) is 0 Å². The molecule has 5 rings (SSSR count). The Morgan fingerprint density at radius 3 is 2.69 bits per heavy atom. The van der Waals surface area contributed by atoms with E-state index in [-0.39, 0.29) is 24.3 Å². The van der Waals surface area contributed by atoms with Crippen LogP contribution in [0.3, 0.4) is 0 Å². The maximum atomic E-state index is 13.6. The van der Waals surface area contributed by atoms with E-state index < -0.39 is 24.2 Å². The lowest BCUT2D eigenvalue weighted by Gasteiger charge is -2.38. The van der Waals surface area contributed by atoms with Crippen LogP contribution in [0.15, 0.2) is 53.8 Å². The Morgan fingerprint density at radius 1 is 1.31 bits per heavy atom. The lowest BCUT2D eigenvalue weighted by Crippen LogP contribution is -2.52. The molecule has 0 amide bonds. The number of aliphatic hydroxyl groups excluding tert-OH is 1. The number of nitriles is 1. The highest BCUT2D eigenvalue weighted by molar-refractivity contribution is 6.18. The van der Waals surface area contributed by atoms with E-state index in [1.165, 1.54) is 27.7 Å². The fourth-order valence-corrected chi connectivity index (χ4v) is 4.14. The molecule has 12 heteroatoms. The van der Waals surface area contributed by atoms with Gasteiger partial charge in [0.15, 0.2) is 5.65 Å². The van der Waals surface area contributed by atoms with Gasteiger partial charge < -0.3 is 10.0 Å². The number of aryl methyl sites for hydroxylation is 1. The van der Waals surface area contributed by atoms with Crippen molar-refractivity contribution in [1.29, 1.82) is 5.26 Å². The Bertz CT molecular complexity index is 1550. The van der Waals surface area contributed by atoms with Gasteiger partial charge in [-0.15, -0.1) is 5.10 Å². The standard InChI is InChI=1S/C24H19F3N8O/c1-3-29-19-9-15(34-7-6-20(25)31-34)5-4-14(19)8-17-13(2)30-23-18(10-28)21(22(26)27)32-35(23)24(17)33-11-16(36)12-33/h3-9,16,22,36H,1,11-12H2,2H3/b14-8+,29-19?. The third kappa shape index (κ3) is 3.89. The number of aliphatic imine (C=N–C) groups is 1. The van der Waals surface area contributed by atoms with Gasteiger partial charge in [-0.1, -0.05) is 12.7 Å². The summed E-state index contributed by atoms with van der Waals surface area (Å²) in [7, 11) is 0. The zero-order valence-corrected chi connectivity index (χ0v) is 19.0. The van der Waals surface area contributed by atoms with Gasteiger partial charge in [0.2, 0.25) is 5.95 Å². The Balaban J connectivity index is 1.69. The highest BCUT2D eigenvalue weighted by Crippen LogP contribution is 2.34. The normalized spacial score (nSPS) is 18.2. The smallest absolute Gasteiger partial charge is 0.283 e. The van der Waals surface area contributed by atoms with E-state index in [2.05, 4.69) is 26.8 Å². The Kier molecular flexibility index (Phi) is 5.77. The molecule has 1 fully saturated rings. The minimum atomic E-state index is -2.96. The second-order valence-electron chi connectivity index (χ2n) is 8.18. The highest BCUT2D eigenvalue weighted by Gasteiger charge is 2.32. The number of aromatic nitrogens is 5. The molecule has 0 saturated carbocycles. The summed E-state index contributed by atoms with van der Waals surface area (Å²) in [5, 5.41) is 27.2. The van der Waals surface area contributed by atoms with Crippen molar-refractivity contribution in [3.05, 3.63) is 77.3 Å². The van der Waals surface area contributed by atoms with Crippen molar-refractivity contribution in [3.63, 3.8) is 0 Å². The van der Waals surface area contributed by atoms with Crippen LogP contribution in [0.5, 0.6) is 0 Å². The van der Waals surface area contributed by atoms with Crippen LogP contribution in [0, 0.1) is 24.2 Å². The summed E-state index contributed by atoms with van der Waals surface area (Å²) in [4.78, 5) is 10.5. The van der Waals surface area contributed by atoms with Crippen molar-refractivity contribution in [2.45, 2.75) is 19.5 Å². The summed E-state index contributed by atoms with van der Waals surface area (Å²) in [6.45, 7) is 5.88. The maximum Gasteiger partial charge on any atom is 0.283 e. The van der Waals surface area contributed by atoms with E-state index >= 15 is 0 Å². The molecule has 1 N–H and O–H groups in total. The molecule has 182 valence electrons. The van der Waals surface area contributed by atoms with Gasteiger partial charge in [0.1, 0.15) is 23.1 Å². The van der Waals surface area contributed by atoms with Gasteiger partial charge in [0.05, 0.1) is 23.2 Å². The first-order valence-electron chi connectivity index (χ1n) is 10.9. The third-order valence-corrected chi connectivity index (χ3v) is 5.84. The first kappa shape index (κ1) is 23.3. The van der Waals surface area contributed by atoms with Crippen molar-refractivity contribution in [1.82, 2.24) is 24.4 Å². The van der Waals surface area contributed by atoms with E-state index in [4.69, 9.17) is 0 Å². The van der Waals surface area contributed by atoms with Gasteiger partial charge in [-0.3, -0.25) is 4.99 Å². The Hall–Kier alpha value is -4.50. The van der Waals surface area contributed by atoms with Crippen molar-refractivity contribution in [2.24, 2.45) is 4.99 Å². The molecule has 4 heterocycles. The minimum absolute atomic E-state index is 0.0194. The molecule has 1 saturated heterocycles. The molecule has 0 aromatic carbocycles. The summed E-state index contributed by atoms with van der Waals surface area (Å²) in [5.74, 6) is -0.197. The predicted molar refractivity (Wildman–Crippen MR) is 127 cm³/mol. The quantitative estimate of drug-likeness (QED) is 0.585. The fraction of sp³-hybridized carbons (Fsp3) is 0.208. The first-order chi connectivity index (χ1) is 17.3. The second-order valence-corrected chi connectivity index (χ2v) is 8.18. The molecular formula is C24H19F3N8O. The SMILES string of the molecule is C=CN=C1C=C(n2ccc(F)n2)C=C/C1=C\c1c(C)nc2c(C#N)c(C(F)F)nn2c1N1CC(O)C1. The summed E-state index contributed by atoms with van der Waals surface area (Å²) in [5.41, 5.74) is 1.81. The number of aliphatic hydroxyl groups is 1.